The summed E-state index contributed by atoms with van der Waals surface area (Å²) in [6, 6.07) is 173. The zero-order valence-electron chi connectivity index (χ0n) is 74.7. The minimum atomic E-state index is 0. The van der Waals surface area contributed by atoms with E-state index >= 15 is 0 Å². The quantitative estimate of drug-likeness (QED) is 0.101. The van der Waals surface area contributed by atoms with Crippen molar-refractivity contribution in [3.63, 3.8) is 0 Å². The van der Waals surface area contributed by atoms with Crippen molar-refractivity contribution >= 4 is 12.2 Å². The maximum Gasteiger partial charge on any atom is 0.168 e. The van der Waals surface area contributed by atoms with Crippen molar-refractivity contribution in [2.24, 2.45) is 7.05 Å². The SMILES string of the molecule is C.C/C=C/c1ccc(-c2ccccc2)cc1.C/C=C/c1ccccc1.Cc1cc[n+](C)cc1.Cc1ccc(-c2ccc(-c3ccc(-c4ccc(-c5ccccc5)cc4)cc3)cc2)cc1.Cc1ccc(-c2ccc(-c3ccc(-c4ccccc4)cc3)cc2)cc1.Cc1ccc(-c2ccc(-c3ccccc3)cc2)cc1.Cc1ccc(-c2ccccc2)cc1.Cc1ccccc1. The first-order valence-corrected chi connectivity index (χ1v) is 43.8. The van der Waals surface area contributed by atoms with E-state index < -0.39 is 0 Å². The van der Waals surface area contributed by atoms with Crippen molar-refractivity contribution in [3.8, 4) is 122 Å². The van der Waals surface area contributed by atoms with Crippen LogP contribution < -0.4 is 4.57 Å². The zero-order chi connectivity index (χ0) is 88.4. The fourth-order valence-corrected chi connectivity index (χ4v) is 14.1. The first-order chi connectivity index (χ1) is 62.3. The Kier molecular flexibility index (Phi) is 36.7. The summed E-state index contributed by atoms with van der Waals surface area (Å²) in [7, 11) is 2.01. The van der Waals surface area contributed by atoms with Gasteiger partial charge in [-0.1, -0.05) is 539 Å². The summed E-state index contributed by atoms with van der Waals surface area (Å²) >= 11 is 0. The molecule has 0 aliphatic carbocycles. The molecule has 0 atom stereocenters. The Hall–Kier alpha value is -15.4. The Morgan fingerprint density at radius 3 is 0.422 bits per heavy atom. The number of allylic oxidation sites excluding steroid dienone is 2. The lowest BCUT2D eigenvalue weighted by molar-refractivity contribution is -0.671. The molecule has 1 heterocycles. The zero-order valence-corrected chi connectivity index (χ0v) is 74.7. The van der Waals surface area contributed by atoms with Gasteiger partial charge in [-0.3, -0.25) is 0 Å². The first kappa shape index (κ1) is 93.3. The van der Waals surface area contributed by atoms with Crippen LogP contribution in [0.4, 0.5) is 0 Å². The van der Waals surface area contributed by atoms with Gasteiger partial charge >= 0.3 is 0 Å². The second-order valence-electron chi connectivity index (χ2n) is 31.5. The van der Waals surface area contributed by atoms with Crippen molar-refractivity contribution in [2.75, 3.05) is 0 Å². The van der Waals surface area contributed by atoms with Crippen LogP contribution in [0, 0.1) is 41.5 Å². The molecule has 0 saturated heterocycles. The standard InChI is InChI=1S/C31H24.C25H20.C19H16.C15H14.C13H12.C9H10.C7H10N.C7H8.CH4/c1-23-7-9-25(10-8-23)27-15-17-29(18-16-27)31-21-19-30(20-22-31)28-13-11-26(12-14-28)24-5-3-2-4-6-24;1-19-7-9-21(10-8-19)23-15-17-25(18-16-23)24-13-11-22(12-14-24)20-5-3-2-4-6-20;1-15-7-9-17(10-8-15)19-13-11-18(12-14-19)16-5-3-2-4-6-16;1-2-6-13-9-11-15(12-10-13)14-7-4-3-5-8-14;1-11-7-9-13(10-8-11)12-5-3-2-4-6-12;1-2-6-9-7-4-3-5-8-9;1-7-3-5-8(2)6-4-7;1-7-5-3-2-4-6-7;/h2-22H,1H3;2-18H,1H3;2-14H,1H3;2-12H,1H3;2-10H,1H3;2-8H,1H3;3-6H,1-2H3;2-6H,1H3;1H4/q;;;;;;+1;;/b;;;6-2+;;6-2+;;;. The van der Waals surface area contributed by atoms with Crippen LogP contribution in [0.2, 0.25) is 0 Å². The van der Waals surface area contributed by atoms with Crippen molar-refractivity contribution in [1.82, 2.24) is 0 Å². The predicted octanol–water partition coefficient (Wildman–Crippen LogP) is 35.2. The van der Waals surface area contributed by atoms with Gasteiger partial charge in [0.2, 0.25) is 0 Å². The molecule has 0 aliphatic heterocycles. The molecule has 0 saturated carbocycles. The molecule has 0 unspecified atom stereocenters. The van der Waals surface area contributed by atoms with Gasteiger partial charge < -0.3 is 0 Å². The summed E-state index contributed by atoms with van der Waals surface area (Å²) in [5.74, 6) is 0. The monoisotopic (exact) mass is 1660 g/mol. The van der Waals surface area contributed by atoms with E-state index in [-0.39, 0.29) is 7.43 Å². The fraction of sp³-hybridized carbons (Fsp3) is 0.0787. The molecule has 630 valence electrons. The summed E-state index contributed by atoms with van der Waals surface area (Å²) in [6.07, 6.45) is 12.4. The second kappa shape index (κ2) is 50.4. The Morgan fingerprint density at radius 1 is 0.141 bits per heavy atom. The van der Waals surface area contributed by atoms with E-state index in [1.807, 2.05) is 105 Å². The molecule has 0 amide bonds. The van der Waals surface area contributed by atoms with Crippen LogP contribution in [0.25, 0.3) is 135 Å². The van der Waals surface area contributed by atoms with Crippen LogP contribution >= 0.6 is 0 Å². The van der Waals surface area contributed by atoms with E-state index in [9.17, 15) is 0 Å². The molecule has 19 rings (SSSR count). The third kappa shape index (κ3) is 29.9. The molecular weight excluding hydrogens is 1540 g/mol. The number of nitrogens with zero attached hydrogens (tertiary/aromatic N) is 1. The van der Waals surface area contributed by atoms with Crippen molar-refractivity contribution in [1.29, 1.82) is 0 Å². The van der Waals surface area contributed by atoms with E-state index in [1.54, 1.807) is 0 Å². The highest BCUT2D eigenvalue weighted by Crippen LogP contribution is 2.33. The highest BCUT2D eigenvalue weighted by molar-refractivity contribution is 5.78. The first-order valence-electron chi connectivity index (χ1n) is 43.8. The van der Waals surface area contributed by atoms with E-state index in [2.05, 4.69) is 490 Å². The van der Waals surface area contributed by atoms with Crippen LogP contribution in [0.1, 0.15) is 65.8 Å². The highest BCUT2D eigenvalue weighted by Gasteiger charge is 2.08. The summed E-state index contributed by atoms with van der Waals surface area (Å²) in [5.41, 5.74) is 37.9. The number of aryl methyl sites for hydroxylation is 7. The molecule has 0 aliphatic rings. The average Bonchev–Trinajstić information content (AvgIpc) is 0.825. The fourth-order valence-electron chi connectivity index (χ4n) is 14.1. The summed E-state index contributed by atoms with van der Waals surface area (Å²) in [6.45, 7) is 16.7. The number of pyridine rings is 1. The maximum atomic E-state index is 2.21. The summed E-state index contributed by atoms with van der Waals surface area (Å²) < 4.78 is 2.02. The van der Waals surface area contributed by atoms with Crippen molar-refractivity contribution < 1.29 is 4.57 Å². The summed E-state index contributed by atoms with van der Waals surface area (Å²) in [5, 5.41) is 0. The smallest absolute Gasteiger partial charge is 0.168 e. The predicted molar refractivity (Wildman–Crippen MR) is 557 cm³/mol. The molecule has 18 aromatic carbocycles. The third-order valence-electron chi connectivity index (χ3n) is 21.6. The van der Waals surface area contributed by atoms with E-state index in [0.29, 0.717) is 0 Å². The molecule has 0 N–H and O–H groups in total. The number of rotatable bonds is 13. The van der Waals surface area contributed by atoms with Gasteiger partial charge in [-0.2, -0.15) is 0 Å². The van der Waals surface area contributed by atoms with Gasteiger partial charge in [-0.25, -0.2) is 4.57 Å². The van der Waals surface area contributed by atoms with Gasteiger partial charge in [0.25, 0.3) is 0 Å². The van der Waals surface area contributed by atoms with Gasteiger partial charge in [-0.15, -0.1) is 0 Å². The van der Waals surface area contributed by atoms with E-state index in [0.717, 1.165) is 0 Å². The molecule has 128 heavy (non-hydrogen) atoms. The van der Waals surface area contributed by atoms with Gasteiger partial charge in [0.15, 0.2) is 12.4 Å². The average molecular weight is 1660 g/mol. The normalized spacial score (nSPS) is 10.3. The number of aromatic nitrogens is 1. The summed E-state index contributed by atoms with van der Waals surface area (Å²) in [4.78, 5) is 0. The van der Waals surface area contributed by atoms with Gasteiger partial charge in [0.05, 0.1) is 0 Å². The molecule has 0 fully saturated rings. The van der Waals surface area contributed by atoms with E-state index in [4.69, 9.17) is 0 Å². The van der Waals surface area contributed by atoms with Crippen LogP contribution in [-0.2, 0) is 7.05 Å². The van der Waals surface area contributed by atoms with Crippen molar-refractivity contribution in [3.05, 3.63) is 560 Å². The second-order valence-corrected chi connectivity index (χ2v) is 31.5. The maximum absolute atomic E-state index is 2.21. The third-order valence-corrected chi connectivity index (χ3v) is 21.6. The molecular formula is C127H118N+. The minimum absolute atomic E-state index is 0. The molecule has 0 radical (unpaired) electrons. The molecule has 1 heteroatoms. The lowest BCUT2D eigenvalue weighted by atomic mass is 9.97. The highest BCUT2D eigenvalue weighted by atomic mass is 14.9. The number of hydrogen-bond donors (Lipinski definition) is 0. The topological polar surface area (TPSA) is 3.88 Å². The Labute approximate surface area is 764 Å². The van der Waals surface area contributed by atoms with E-state index in [1.165, 1.54) is 167 Å². The number of benzene rings is 18. The lowest BCUT2D eigenvalue weighted by Crippen LogP contribution is -2.25. The van der Waals surface area contributed by atoms with Crippen molar-refractivity contribution in [2.45, 2.75) is 62.8 Å². The largest absolute Gasteiger partial charge is 0.208 e. The minimum Gasteiger partial charge on any atom is -0.208 e. The molecule has 0 spiro atoms. The lowest BCUT2D eigenvalue weighted by Gasteiger charge is -2.08. The van der Waals surface area contributed by atoms with Crippen LogP contribution in [0.15, 0.2) is 516 Å². The molecule has 1 aromatic heterocycles. The molecule has 1 nitrogen and oxygen atoms in total. The Bertz CT molecular complexity index is 6340. The Balaban J connectivity index is 0.000000148. The number of hydrogen-bond acceptors (Lipinski definition) is 0. The molecule has 19 aromatic rings. The van der Waals surface area contributed by atoms with Gasteiger partial charge in [-0.05, 0) is 194 Å². The van der Waals surface area contributed by atoms with Crippen LogP contribution in [0.5, 0.6) is 0 Å². The van der Waals surface area contributed by atoms with Gasteiger partial charge in [0.1, 0.15) is 7.05 Å². The molecule has 0 bridgehead atoms. The van der Waals surface area contributed by atoms with Crippen LogP contribution in [-0.4, -0.2) is 0 Å². The van der Waals surface area contributed by atoms with Gasteiger partial charge in [0, 0.05) is 12.1 Å². The van der Waals surface area contributed by atoms with Crippen LogP contribution in [0.3, 0.4) is 0 Å². The Morgan fingerprint density at radius 2 is 0.266 bits per heavy atom.